The molecule has 1 atom stereocenters. The van der Waals surface area contributed by atoms with Gasteiger partial charge in [-0.3, -0.25) is 9.59 Å². The van der Waals surface area contributed by atoms with Gasteiger partial charge >= 0.3 is 0 Å². The standard InChI is InChI=1S/C15H24N2O2/c18-14(11-6-3-7-11)16-13-8-9-17(10-13)15(19)12-4-1-2-5-12/h11-13H,1-10H2,(H,16,18). The van der Waals surface area contributed by atoms with E-state index in [9.17, 15) is 9.59 Å². The maximum Gasteiger partial charge on any atom is 0.225 e. The molecule has 2 aliphatic carbocycles. The summed E-state index contributed by atoms with van der Waals surface area (Å²) >= 11 is 0. The van der Waals surface area contributed by atoms with Crippen LogP contribution in [0.3, 0.4) is 0 Å². The van der Waals surface area contributed by atoms with Gasteiger partial charge in [0.15, 0.2) is 0 Å². The van der Waals surface area contributed by atoms with E-state index in [1.165, 1.54) is 19.3 Å². The number of carbonyl (C=O) groups is 2. The van der Waals surface area contributed by atoms with Gasteiger partial charge in [-0.05, 0) is 32.1 Å². The molecule has 2 amide bonds. The lowest BCUT2D eigenvalue weighted by Gasteiger charge is -2.26. The van der Waals surface area contributed by atoms with Gasteiger partial charge in [0.1, 0.15) is 0 Å². The molecule has 3 rings (SSSR count). The Bertz CT molecular complexity index is 359. The molecule has 1 unspecified atom stereocenters. The van der Waals surface area contributed by atoms with E-state index in [0.717, 1.165) is 45.2 Å². The molecule has 106 valence electrons. The summed E-state index contributed by atoms with van der Waals surface area (Å²) in [5.41, 5.74) is 0. The van der Waals surface area contributed by atoms with E-state index in [4.69, 9.17) is 0 Å². The second kappa shape index (κ2) is 5.51. The maximum atomic E-state index is 12.3. The van der Waals surface area contributed by atoms with Gasteiger partial charge in [-0.25, -0.2) is 0 Å². The first kappa shape index (κ1) is 12.9. The van der Waals surface area contributed by atoms with Gasteiger partial charge < -0.3 is 10.2 Å². The number of rotatable bonds is 3. The molecule has 0 aromatic heterocycles. The van der Waals surface area contributed by atoms with Crippen molar-refractivity contribution >= 4 is 11.8 Å². The number of hydrogen-bond donors (Lipinski definition) is 1. The highest BCUT2D eigenvalue weighted by Gasteiger charge is 2.34. The van der Waals surface area contributed by atoms with Crippen molar-refractivity contribution in [2.24, 2.45) is 11.8 Å². The summed E-state index contributed by atoms with van der Waals surface area (Å²) in [6.07, 6.45) is 8.74. The van der Waals surface area contributed by atoms with Crippen LogP contribution >= 0.6 is 0 Å². The molecule has 3 fully saturated rings. The topological polar surface area (TPSA) is 49.4 Å². The smallest absolute Gasteiger partial charge is 0.225 e. The number of carbonyl (C=O) groups excluding carboxylic acids is 2. The largest absolute Gasteiger partial charge is 0.351 e. The van der Waals surface area contributed by atoms with E-state index < -0.39 is 0 Å². The fourth-order valence-corrected chi connectivity index (χ4v) is 3.50. The Morgan fingerprint density at radius 2 is 1.58 bits per heavy atom. The van der Waals surface area contributed by atoms with Crippen LogP contribution < -0.4 is 5.32 Å². The van der Waals surface area contributed by atoms with E-state index in [-0.39, 0.29) is 23.8 Å². The van der Waals surface area contributed by atoms with Crippen molar-refractivity contribution in [1.29, 1.82) is 0 Å². The van der Waals surface area contributed by atoms with Crippen molar-refractivity contribution < 1.29 is 9.59 Å². The third kappa shape index (κ3) is 2.77. The Hall–Kier alpha value is -1.06. The summed E-state index contributed by atoms with van der Waals surface area (Å²) in [5.74, 6) is 1.06. The Morgan fingerprint density at radius 1 is 0.895 bits per heavy atom. The quantitative estimate of drug-likeness (QED) is 0.843. The molecule has 2 saturated carbocycles. The molecule has 1 saturated heterocycles. The molecule has 0 radical (unpaired) electrons. The normalized spacial score (nSPS) is 28.4. The molecule has 0 spiro atoms. The van der Waals surface area contributed by atoms with Crippen LogP contribution in [0.1, 0.15) is 51.4 Å². The number of nitrogens with zero attached hydrogens (tertiary/aromatic N) is 1. The summed E-state index contributed by atoms with van der Waals surface area (Å²) < 4.78 is 0. The Balaban J connectivity index is 1.46. The highest BCUT2D eigenvalue weighted by atomic mass is 16.2. The van der Waals surface area contributed by atoms with E-state index in [1.54, 1.807) is 0 Å². The van der Waals surface area contributed by atoms with Gasteiger partial charge in [-0.15, -0.1) is 0 Å². The summed E-state index contributed by atoms with van der Waals surface area (Å²) in [6.45, 7) is 1.55. The fraction of sp³-hybridized carbons (Fsp3) is 0.867. The molecule has 1 heterocycles. The number of nitrogens with one attached hydrogen (secondary N) is 1. The highest BCUT2D eigenvalue weighted by molar-refractivity contribution is 5.81. The van der Waals surface area contributed by atoms with Crippen molar-refractivity contribution in [2.75, 3.05) is 13.1 Å². The van der Waals surface area contributed by atoms with Crippen LogP contribution in [0.2, 0.25) is 0 Å². The number of hydrogen-bond acceptors (Lipinski definition) is 2. The minimum absolute atomic E-state index is 0.193. The predicted molar refractivity (Wildman–Crippen MR) is 72.4 cm³/mol. The minimum atomic E-state index is 0.193. The predicted octanol–water partition coefficient (Wildman–Crippen LogP) is 1.69. The average molecular weight is 264 g/mol. The fourth-order valence-electron chi connectivity index (χ4n) is 3.50. The first-order valence-corrected chi connectivity index (χ1v) is 7.83. The molecule has 3 aliphatic rings. The molecule has 4 nitrogen and oxygen atoms in total. The maximum absolute atomic E-state index is 12.3. The van der Waals surface area contributed by atoms with Crippen LogP contribution in [0.15, 0.2) is 0 Å². The zero-order chi connectivity index (χ0) is 13.2. The van der Waals surface area contributed by atoms with Crippen LogP contribution in [0, 0.1) is 11.8 Å². The lowest BCUT2D eigenvalue weighted by atomic mass is 9.84. The first-order valence-electron chi connectivity index (χ1n) is 7.83. The van der Waals surface area contributed by atoms with Crippen LogP contribution in [-0.2, 0) is 9.59 Å². The molecule has 1 N–H and O–H groups in total. The molecule has 0 aromatic carbocycles. The lowest BCUT2D eigenvalue weighted by Crippen LogP contribution is -2.43. The summed E-state index contributed by atoms with van der Waals surface area (Å²) in [7, 11) is 0. The van der Waals surface area contributed by atoms with E-state index in [0.29, 0.717) is 5.91 Å². The van der Waals surface area contributed by atoms with Crippen LogP contribution in [-0.4, -0.2) is 35.8 Å². The van der Waals surface area contributed by atoms with Crippen molar-refractivity contribution in [1.82, 2.24) is 10.2 Å². The Labute approximate surface area is 114 Å². The van der Waals surface area contributed by atoms with E-state index in [2.05, 4.69) is 5.32 Å². The summed E-state index contributed by atoms with van der Waals surface area (Å²) in [4.78, 5) is 26.2. The second-order valence-corrected chi connectivity index (χ2v) is 6.39. The zero-order valence-electron chi connectivity index (χ0n) is 11.6. The van der Waals surface area contributed by atoms with Crippen molar-refractivity contribution in [3.05, 3.63) is 0 Å². The van der Waals surface area contributed by atoms with Gasteiger partial charge in [-0.2, -0.15) is 0 Å². The van der Waals surface area contributed by atoms with Gasteiger partial charge in [0, 0.05) is 31.0 Å². The third-order valence-electron chi connectivity index (χ3n) is 5.03. The zero-order valence-corrected chi connectivity index (χ0v) is 11.6. The van der Waals surface area contributed by atoms with Crippen molar-refractivity contribution in [3.63, 3.8) is 0 Å². The minimum Gasteiger partial charge on any atom is -0.351 e. The van der Waals surface area contributed by atoms with Crippen LogP contribution in [0.5, 0.6) is 0 Å². The monoisotopic (exact) mass is 264 g/mol. The van der Waals surface area contributed by atoms with Crippen molar-refractivity contribution in [3.8, 4) is 0 Å². The summed E-state index contributed by atoms with van der Waals surface area (Å²) in [6, 6.07) is 0.193. The molecule has 0 bridgehead atoms. The first-order chi connectivity index (χ1) is 9.24. The van der Waals surface area contributed by atoms with Crippen molar-refractivity contribution in [2.45, 2.75) is 57.4 Å². The van der Waals surface area contributed by atoms with Gasteiger partial charge in [0.05, 0.1) is 0 Å². The van der Waals surface area contributed by atoms with Gasteiger partial charge in [-0.1, -0.05) is 19.3 Å². The van der Waals surface area contributed by atoms with E-state index >= 15 is 0 Å². The number of amides is 2. The average Bonchev–Trinajstić information content (AvgIpc) is 2.95. The molecule has 1 aliphatic heterocycles. The second-order valence-electron chi connectivity index (χ2n) is 6.39. The molecule has 4 heteroatoms. The molecule has 19 heavy (non-hydrogen) atoms. The Morgan fingerprint density at radius 3 is 2.21 bits per heavy atom. The Kier molecular flexibility index (Phi) is 3.76. The number of likely N-dealkylation sites (tertiary alicyclic amines) is 1. The SMILES string of the molecule is O=C(NC1CCN(C(=O)C2CCCC2)C1)C1CCC1. The molecular weight excluding hydrogens is 240 g/mol. The van der Waals surface area contributed by atoms with E-state index in [1.807, 2.05) is 4.90 Å². The van der Waals surface area contributed by atoms with Crippen LogP contribution in [0.4, 0.5) is 0 Å². The third-order valence-corrected chi connectivity index (χ3v) is 5.03. The molecule has 0 aromatic rings. The summed E-state index contributed by atoms with van der Waals surface area (Å²) in [5, 5.41) is 3.12. The molecular formula is C15H24N2O2. The van der Waals surface area contributed by atoms with Gasteiger partial charge in [0.25, 0.3) is 0 Å². The van der Waals surface area contributed by atoms with Gasteiger partial charge in [0.2, 0.25) is 11.8 Å². The lowest BCUT2D eigenvalue weighted by molar-refractivity contribution is -0.134. The highest BCUT2D eigenvalue weighted by Crippen LogP contribution is 2.29. The van der Waals surface area contributed by atoms with Crippen LogP contribution in [0.25, 0.3) is 0 Å².